The first-order valence-electron chi connectivity index (χ1n) is 10.4. The Morgan fingerprint density at radius 2 is 1.72 bits per heavy atom. The van der Waals surface area contributed by atoms with Gasteiger partial charge in [0.15, 0.2) is 0 Å². The summed E-state index contributed by atoms with van der Waals surface area (Å²) in [5, 5.41) is 14.9. The summed E-state index contributed by atoms with van der Waals surface area (Å²) in [5.74, 6) is 0.247. The van der Waals surface area contributed by atoms with E-state index in [-0.39, 0.29) is 18.4 Å². The zero-order valence-corrected chi connectivity index (χ0v) is 18.1. The van der Waals surface area contributed by atoms with Crippen LogP contribution in [0.5, 0.6) is 5.75 Å². The molecule has 0 saturated heterocycles. The molecule has 0 atom stereocenters. The summed E-state index contributed by atoms with van der Waals surface area (Å²) in [4.78, 5) is 25.3. The molecule has 6 heteroatoms. The van der Waals surface area contributed by atoms with Crippen molar-refractivity contribution in [2.24, 2.45) is 5.92 Å². The van der Waals surface area contributed by atoms with Gasteiger partial charge < -0.3 is 15.4 Å². The number of ether oxygens (including phenoxy) is 1. The number of nitriles is 1. The second kappa shape index (κ2) is 10.8. The van der Waals surface area contributed by atoms with Crippen LogP contribution in [0.2, 0.25) is 0 Å². The first-order chi connectivity index (χ1) is 15.5. The molecule has 0 spiro atoms. The van der Waals surface area contributed by atoms with Crippen LogP contribution in [0.1, 0.15) is 45.7 Å². The Kier molecular flexibility index (Phi) is 7.60. The summed E-state index contributed by atoms with van der Waals surface area (Å²) in [6, 6.07) is 23.0. The van der Waals surface area contributed by atoms with E-state index in [0.29, 0.717) is 40.6 Å². The lowest BCUT2D eigenvalue weighted by atomic mass is 10.1. The van der Waals surface area contributed by atoms with Gasteiger partial charge in [0.1, 0.15) is 12.4 Å². The van der Waals surface area contributed by atoms with E-state index in [1.165, 1.54) is 0 Å². The monoisotopic (exact) mass is 427 g/mol. The van der Waals surface area contributed by atoms with Crippen LogP contribution < -0.4 is 15.4 Å². The second-order valence-electron chi connectivity index (χ2n) is 7.69. The summed E-state index contributed by atoms with van der Waals surface area (Å²) < 4.78 is 5.80. The van der Waals surface area contributed by atoms with Gasteiger partial charge in [-0.25, -0.2) is 0 Å². The highest BCUT2D eigenvalue weighted by molar-refractivity contribution is 6.09. The van der Waals surface area contributed by atoms with Crippen LogP contribution in [-0.4, -0.2) is 18.4 Å². The number of para-hydroxylation sites is 1. The van der Waals surface area contributed by atoms with E-state index >= 15 is 0 Å². The molecule has 0 unspecified atom stereocenters. The normalized spacial score (nSPS) is 10.3. The van der Waals surface area contributed by atoms with Crippen molar-refractivity contribution in [3.05, 3.63) is 95.1 Å². The number of amides is 2. The number of benzene rings is 3. The molecule has 0 aliphatic heterocycles. The molecule has 3 aromatic carbocycles. The Labute approximate surface area is 187 Å². The highest BCUT2D eigenvalue weighted by atomic mass is 16.5. The van der Waals surface area contributed by atoms with Gasteiger partial charge in [0.05, 0.1) is 22.9 Å². The zero-order chi connectivity index (χ0) is 22.9. The van der Waals surface area contributed by atoms with Crippen molar-refractivity contribution < 1.29 is 14.3 Å². The zero-order valence-electron chi connectivity index (χ0n) is 18.1. The molecular weight excluding hydrogens is 402 g/mol. The number of hydrogen-bond acceptors (Lipinski definition) is 4. The maximum atomic E-state index is 12.8. The number of nitrogens with zero attached hydrogens (tertiary/aromatic N) is 1. The summed E-state index contributed by atoms with van der Waals surface area (Å²) in [5.41, 5.74) is 2.56. The van der Waals surface area contributed by atoms with E-state index in [1.807, 2.05) is 26.0 Å². The molecule has 0 saturated carbocycles. The molecule has 0 bridgehead atoms. The van der Waals surface area contributed by atoms with Gasteiger partial charge in [-0.3, -0.25) is 9.59 Å². The summed E-state index contributed by atoms with van der Waals surface area (Å²) >= 11 is 0. The number of anilines is 1. The van der Waals surface area contributed by atoms with Crippen molar-refractivity contribution >= 4 is 17.5 Å². The quantitative estimate of drug-likeness (QED) is 0.541. The van der Waals surface area contributed by atoms with Crippen molar-refractivity contribution in [2.75, 3.05) is 11.9 Å². The maximum Gasteiger partial charge on any atom is 0.255 e. The molecule has 0 fully saturated rings. The van der Waals surface area contributed by atoms with Crippen molar-refractivity contribution in [3.63, 3.8) is 0 Å². The number of nitrogens with one attached hydrogen (secondary N) is 2. The third kappa shape index (κ3) is 5.96. The Morgan fingerprint density at radius 3 is 2.50 bits per heavy atom. The fraction of sp³-hybridized carbons (Fsp3) is 0.192. The lowest BCUT2D eigenvalue weighted by Crippen LogP contribution is -2.28. The first-order valence-corrected chi connectivity index (χ1v) is 10.4. The number of hydrogen-bond donors (Lipinski definition) is 2. The van der Waals surface area contributed by atoms with Gasteiger partial charge >= 0.3 is 0 Å². The lowest BCUT2D eigenvalue weighted by Gasteiger charge is -2.13. The molecule has 2 N–H and O–H groups in total. The minimum Gasteiger partial charge on any atom is -0.489 e. The number of carbonyl (C=O) groups excluding carboxylic acids is 2. The van der Waals surface area contributed by atoms with Crippen LogP contribution in [-0.2, 0) is 6.61 Å². The van der Waals surface area contributed by atoms with E-state index < -0.39 is 0 Å². The van der Waals surface area contributed by atoms with Crippen molar-refractivity contribution in [3.8, 4) is 11.8 Å². The number of carbonyl (C=O) groups is 2. The Morgan fingerprint density at radius 1 is 0.969 bits per heavy atom. The summed E-state index contributed by atoms with van der Waals surface area (Å²) in [7, 11) is 0. The van der Waals surface area contributed by atoms with E-state index in [1.54, 1.807) is 60.7 Å². The van der Waals surface area contributed by atoms with Crippen LogP contribution in [0.25, 0.3) is 0 Å². The molecule has 6 nitrogen and oxygen atoms in total. The van der Waals surface area contributed by atoms with Gasteiger partial charge in [0.25, 0.3) is 11.8 Å². The SMILES string of the molecule is CC(C)CNC(=O)c1ccccc1NC(=O)c1cccc(OCc2ccccc2C#N)c1. The molecule has 32 heavy (non-hydrogen) atoms. The van der Waals surface area contributed by atoms with E-state index in [9.17, 15) is 14.9 Å². The smallest absolute Gasteiger partial charge is 0.255 e. The number of rotatable bonds is 8. The van der Waals surface area contributed by atoms with Crippen LogP contribution in [0.4, 0.5) is 5.69 Å². The highest BCUT2D eigenvalue weighted by Gasteiger charge is 2.15. The van der Waals surface area contributed by atoms with E-state index in [0.717, 1.165) is 5.56 Å². The van der Waals surface area contributed by atoms with Gasteiger partial charge in [-0.15, -0.1) is 0 Å². The largest absolute Gasteiger partial charge is 0.489 e. The molecule has 0 radical (unpaired) electrons. The van der Waals surface area contributed by atoms with Crippen molar-refractivity contribution in [1.29, 1.82) is 5.26 Å². The van der Waals surface area contributed by atoms with Gasteiger partial charge in [-0.2, -0.15) is 5.26 Å². The predicted octanol–water partition coefficient (Wildman–Crippen LogP) is 4.78. The summed E-state index contributed by atoms with van der Waals surface area (Å²) in [6.07, 6.45) is 0. The highest BCUT2D eigenvalue weighted by Crippen LogP contribution is 2.20. The van der Waals surface area contributed by atoms with Crippen molar-refractivity contribution in [1.82, 2.24) is 5.32 Å². The average Bonchev–Trinajstić information content (AvgIpc) is 2.81. The Balaban J connectivity index is 1.70. The molecule has 162 valence electrons. The minimum atomic E-state index is -0.350. The predicted molar refractivity (Wildman–Crippen MR) is 123 cm³/mol. The average molecular weight is 428 g/mol. The molecule has 3 aromatic rings. The van der Waals surface area contributed by atoms with Crippen LogP contribution in [0.15, 0.2) is 72.8 Å². The fourth-order valence-electron chi connectivity index (χ4n) is 3.02. The van der Waals surface area contributed by atoms with Crippen LogP contribution in [0.3, 0.4) is 0 Å². The summed E-state index contributed by atoms with van der Waals surface area (Å²) in [6.45, 7) is 4.80. The van der Waals surface area contributed by atoms with E-state index in [4.69, 9.17) is 4.74 Å². The molecule has 0 aliphatic carbocycles. The molecule has 0 heterocycles. The molecule has 0 aliphatic rings. The molecule has 3 rings (SSSR count). The maximum absolute atomic E-state index is 12.8. The topological polar surface area (TPSA) is 91.2 Å². The third-order valence-electron chi connectivity index (χ3n) is 4.72. The molecule has 2 amide bonds. The second-order valence-corrected chi connectivity index (χ2v) is 7.69. The lowest BCUT2D eigenvalue weighted by molar-refractivity contribution is 0.0950. The van der Waals surface area contributed by atoms with E-state index in [2.05, 4.69) is 16.7 Å². The van der Waals surface area contributed by atoms with Crippen molar-refractivity contribution in [2.45, 2.75) is 20.5 Å². The van der Waals surface area contributed by atoms with Gasteiger partial charge in [0.2, 0.25) is 0 Å². The van der Waals surface area contributed by atoms with Crippen LogP contribution >= 0.6 is 0 Å². The van der Waals surface area contributed by atoms with Gasteiger partial charge in [-0.1, -0.05) is 50.2 Å². The Bertz CT molecular complexity index is 1150. The van der Waals surface area contributed by atoms with Crippen LogP contribution in [0, 0.1) is 17.2 Å². The molecular formula is C26H25N3O3. The van der Waals surface area contributed by atoms with Gasteiger partial charge in [-0.05, 0) is 42.3 Å². The Hall–Kier alpha value is -4.11. The first kappa shape index (κ1) is 22.6. The standard InChI is InChI=1S/C26H25N3O3/c1-18(2)16-28-26(31)23-12-5-6-13-24(23)29-25(30)19-10-7-11-22(14-19)32-17-21-9-4-3-8-20(21)15-27/h3-14,18H,16-17H2,1-2H3,(H,28,31)(H,29,30). The minimum absolute atomic E-state index is 0.216. The van der Waals surface area contributed by atoms with Gasteiger partial charge in [0, 0.05) is 17.7 Å². The molecule has 0 aromatic heterocycles. The fourth-order valence-corrected chi connectivity index (χ4v) is 3.02. The third-order valence-corrected chi connectivity index (χ3v) is 4.72.